The average Bonchev–Trinajstić information content (AvgIpc) is 2.32. The molecule has 0 unspecified atom stereocenters. The van der Waals surface area contributed by atoms with Gasteiger partial charge in [-0.05, 0) is 29.3 Å². The molecule has 0 aliphatic heterocycles. The maximum Gasteiger partial charge on any atom is 0.232 e. The van der Waals surface area contributed by atoms with E-state index < -0.39 is 0 Å². The van der Waals surface area contributed by atoms with E-state index in [1.54, 1.807) is 13.3 Å². The first-order valence-electron chi connectivity index (χ1n) is 5.54. The number of hydrogen-bond acceptors (Lipinski definition) is 4. The molecule has 0 saturated heterocycles. The third-order valence-corrected chi connectivity index (χ3v) is 2.88. The van der Waals surface area contributed by atoms with Crippen LogP contribution >= 0.6 is 15.9 Å². The van der Waals surface area contributed by atoms with Crippen LogP contribution in [0.15, 0.2) is 10.7 Å². The van der Waals surface area contributed by atoms with Crippen molar-refractivity contribution in [2.24, 2.45) is 0 Å². The van der Waals surface area contributed by atoms with Gasteiger partial charge in [0.05, 0.1) is 17.8 Å². The predicted octanol–water partition coefficient (Wildman–Crippen LogP) is 2.87. The smallest absolute Gasteiger partial charge is 0.232 e. The quantitative estimate of drug-likeness (QED) is 0.806. The first-order chi connectivity index (χ1) is 7.72. The fraction of sp³-hybridized carbons (Fsp3) is 0.636. The molecule has 1 aromatic heterocycles. The Kier molecular flexibility index (Phi) is 5.52. The lowest BCUT2D eigenvalue weighted by Crippen LogP contribution is -2.26. The van der Waals surface area contributed by atoms with Crippen molar-refractivity contribution in [2.75, 3.05) is 25.1 Å². The van der Waals surface area contributed by atoms with Gasteiger partial charge in [-0.15, -0.1) is 0 Å². The minimum absolute atomic E-state index is 0.583. The van der Waals surface area contributed by atoms with Gasteiger partial charge in [0.15, 0.2) is 0 Å². The summed E-state index contributed by atoms with van der Waals surface area (Å²) in [5.74, 6) is 1.32. The highest BCUT2D eigenvalue weighted by molar-refractivity contribution is 9.10. The van der Waals surface area contributed by atoms with Crippen LogP contribution in [0, 0.1) is 0 Å². The van der Waals surface area contributed by atoms with Gasteiger partial charge in [-0.2, -0.15) is 4.98 Å². The summed E-state index contributed by atoms with van der Waals surface area (Å²) in [6.07, 6.45) is 4.05. The van der Waals surface area contributed by atoms with E-state index in [4.69, 9.17) is 4.74 Å². The molecular weight excluding hydrogens is 270 g/mol. The molecule has 0 amide bonds. The van der Waals surface area contributed by atoms with Gasteiger partial charge in [0.25, 0.3) is 0 Å². The SMILES string of the molecule is CCCCN(CC)c1ncc(Br)c(OC)n1. The third-order valence-electron chi connectivity index (χ3n) is 2.34. The average molecular weight is 288 g/mol. The van der Waals surface area contributed by atoms with Crippen LogP contribution in [-0.2, 0) is 0 Å². The van der Waals surface area contributed by atoms with Crippen molar-refractivity contribution in [2.45, 2.75) is 26.7 Å². The van der Waals surface area contributed by atoms with Crippen molar-refractivity contribution in [1.29, 1.82) is 0 Å². The van der Waals surface area contributed by atoms with Gasteiger partial charge in [0.1, 0.15) is 0 Å². The lowest BCUT2D eigenvalue weighted by atomic mass is 10.3. The van der Waals surface area contributed by atoms with E-state index in [0.717, 1.165) is 29.9 Å². The van der Waals surface area contributed by atoms with Crippen LogP contribution in [0.3, 0.4) is 0 Å². The van der Waals surface area contributed by atoms with Crippen LogP contribution in [0.1, 0.15) is 26.7 Å². The molecular formula is C11H18BrN3O. The standard InChI is InChI=1S/C11H18BrN3O/c1-4-6-7-15(5-2)11-13-8-9(12)10(14-11)16-3/h8H,4-7H2,1-3H3. The van der Waals surface area contributed by atoms with Crippen LogP contribution in [-0.4, -0.2) is 30.2 Å². The topological polar surface area (TPSA) is 38.2 Å². The Morgan fingerprint density at radius 3 is 2.75 bits per heavy atom. The molecule has 1 rings (SSSR count). The molecule has 0 atom stereocenters. The van der Waals surface area contributed by atoms with Crippen molar-refractivity contribution >= 4 is 21.9 Å². The van der Waals surface area contributed by atoms with E-state index in [1.165, 1.54) is 6.42 Å². The van der Waals surface area contributed by atoms with Crippen molar-refractivity contribution in [3.63, 3.8) is 0 Å². The molecule has 0 radical (unpaired) electrons. The summed E-state index contributed by atoms with van der Waals surface area (Å²) in [5.41, 5.74) is 0. The summed E-state index contributed by atoms with van der Waals surface area (Å²) in [6, 6.07) is 0. The Balaban J connectivity index is 2.83. The van der Waals surface area contributed by atoms with Crippen LogP contribution in [0.4, 0.5) is 5.95 Å². The maximum absolute atomic E-state index is 5.16. The molecule has 1 heterocycles. The summed E-state index contributed by atoms with van der Waals surface area (Å²) in [5, 5.41) is 0. The largest absolute Gasteiger partial charge is 0.480 e. The fourth-order valence-corrected chi connectivity index (χ4v) is 1.74. The number of hydrogen-bond donors (Lipinski definition) is 0. The van der Waals surface area contributed by atoms with E-state index in [2.05, 4.69) is 44.6 Å². The Hall–Kier alpha value is -0.840. The van der Waals surface area contributed by atoms with Crippen molar-refractivity contribution in [1.82, 2.24) is 9.97 Å². The van der Waals surface area contributed by atoms with E-state index in [1.807, 2.05) is 0 Å². The number of halogens is 1. The Labute approximate surface area is 105 Å². The van der Waals surface area contributed by atoms with Gasteiger partial charge in [0, 0.05) is 13.1 Å². The summed E-state index contributed by atoms with van der Waals surface area (Å²) < 4.78 is 5.94. The molecule has 0 saturated carbocycles. The van der Waals surface area contributed by atoms with Gasteiger partial charge in [-0.25, -0.2) is 4.98 Å². The molecule has 90 valence electrons. The summed E-state index contributed by atoms with van der Waals surface area (Å²) in [4.78, 5) is 10.8. The monoisotopic (exact) mass is 287 g/mol. The lowest BCUT2D eigenvalue weighted by Gasteiger charge is -2.20. The second-order valence-corrected chi connectivity index (χ2v) is 4.31. The van der Waals surface area contributed by atoms with E-state index in [0.29, 0.717) is 5.88 Å². The summed E-state index contributed by atoms with van der Waals surface area (Å²) >= 11 is 3.35. The van der Waals surface area contributed by atoms with Crippen molar-refractivity contribution < 1.29 is 4.74 Å². The zero-order chi connectivity index (χ0) is 12.0. The van der Waals surface area contributed by atoms with E-state index in [9.17, 15) is 0 Å². The fourth-order valence-electron chi connectivity index (χ4n) is 1.39. The zero-order valence-electron chi connectivity index (χ0n) is 10.0. The zero-order valence-corrected chi connectivity index (χ0v) is 11.6. The molecule has 0 aromatic carbocycles. The van der Waals surface area contributed by atoms with Gasteiger partial charge >= 0.3 is 0 Å². The predicted molar refractivity (Wildman–Crippen MR) is 69.1 cm³/mol. The number of aromatic nitrogens is 2. The molecule has 16 heavy (non-hydrogen) atoms. The number of anilines is 1. The Morgan fingerprint density at radius 2 is 2.19 bits per heavy atom. The Bertz CT molecular complexity index is 333. The lowest BCUT2D eigenvalue weighted by molar-refractivity contribution is 0.393. The number of nitrogens with zero attached hydrogens (tertiary/aromatic N) is 3. The molecule has 1 aromatic rings. The summed E-state index contributed by atoms with van der Waals surface area (Å²) in [6.45, 7) is 6.17. The first-order valence-corrected chi connectivity index (χ1v) is 6.33. The molecule has 5 heteroatoms. The molecule has 0 fully saturated rings. The second-order valence-electron chi connectivity index (χ2n) is 3.46. The maximum atomic E-state index is 5.16. The third kappa shape index (κ3) is 3.33. The van der Waals surface area contributed by atoms with Crippen LogP contribution < -0.4 is 9.64 Å². The Morgan fingerprint density at radius 1 is 1.44 bits per heavy atom. The first kappa shape index (κ1) is 13.2. The number of rotatable bonds is 6. The van der Waals surface area contributed by atoms with Crippen molar-refractivity contribution in [3.8, 4) is 5.88 Å². The normalized spacial score (nSPS) is 10.2. The number of ether oxygens (including phenoxy) is 1. The minimum atomic E-state index is 0.583. The van der Waals surface area contributed by atoms with E-state index >= 15 is 0 Å². The highest BCUT2D eigenvalue weighted by Gasteiger charge is 2.10. The summed E-state index contributed by atoms with van der Waals surface area (Å²) in [7, 11) is 1.61. The molecule has 0 bridgehead atoms. The molecule has 4 nitrogen and oxygen atoms in total. The highest BCUT2D eigenvalue weighted by atomic mass is 79.9. The van der Waals surface area contributed by atoms with Gasteiger partial charge in [-0.1, -0.05) is 13.3 Å². The van der Waals surface area contributed by atoms with Crippen LogP contribution in [0.25, 0.3) is 0 Å². The molecule has 0 aliphatic rings. The minimum Gasteiger partial charge on any atom is -0.480 e. The molecule has 0 aliphatic carbocycles. The number of unbranched alkanes of at least 4 members (excludes halogenated alkanes) is 1. The van der Waals surface area contributed by atoms with Crippen LogP contribution in [0.5, 0.6) is 5.88 Å². The highest BCUT2D eigenvalue weighted by Crippen LogP contribution is 2.23. The molecule has 0 N–H and O–H groups in total. The van der Waals surface area contributed by atoms with Gasteiger partial charge in [-0.3, -0.25) is 0 Å². The van der Waals surface area contributed by atoms with Crippen molar-refractivity contribution in [3.05, 3.63) is 10.7 Å². The van der Waals surface area contributed by atoms with Gasteiger partial charge in [0.2, 0.25) is 11.8 Å². The van der Waals surface area contributed by atoms with E-state index in [-0.39, 0.29) is 0 Å². The molecule has 0 spiro atoms. The van der Waals surface area contributed by atoms with Gasteiger partial charge < -0.3 is 9.64 Å². The van der Waals surface area contributed by atoms with Crippen LogP contribution in [0.2, 0.25) is 0 Å². The second kappa shape index (κ2) is 6.68. The number of methoxy groups -OCH3 is 1.